The molecular formula is C27H24N6O4. The molecule has 0 aliphatic carbocycles. The topological polar surface area (TPSA) is 130 Å². The van der Waals surface area contributed by atoms with Crippen molar-refractivity contribution in [3.63, 3.8) is 0 Å². The number of benzene rings is 2. The summed E-state index contributed by atoms with van der Waals surface area (Å²) >= 11 is 0. The number of nitrogens with one attached hydrogen (secondary N) is 1. The minimum Gasteiger partial charge on any atom is -0.465 e. The predicted octanol–water partition coefficient (Wildman–Crippen LogP) is 4.19. The number of aromatic nitrogens is 5. The summed E-state index contributed by atoms with van der Waals surface area (Å²) < 4.78 is 7.24. The van der Waals surface area contributed by atoms with Crippen LogP contribution in [0.3, 0.4) is 0 Å². The average molecular weight is 497 g/mol. The zero-order valence-electron chi connectivity index (χ0n) is 19.9. The zero-order chi connectivity index (χ0) is 25.4. The highest BCUT2D eigenvalue weighted by Gasteiger charge is 2.27. The Morgan fingerprint density at radius 1 is 1.05 bits per heavy atom. The highest BCUT2D eigenvalue weighted by molar-refractivity contribution is 5.72. The molecule has 186 valence electrons. The van der Waals surface area contributed by atoms with Crippen molar-refractivity contribution in [3.8, 4) is 22.8 Å². The lowest BCUT2D eigenvalue weighted by molar-refractivity contribution is 0.131. The molecule has 2 N–H and O–H groups in total. The Hall–Kier alpha value is -4.73. The van der Waals surface area contributed by atoms with Gasteiger partial charge in [0.05, 0.1) is 11.9 Å². The van der Waals surface area contributed by atoms with Gasteiger partial charge in [-0.15, -0.1) is 0 Å². The van der Waals surface area contributed by atoms with Gasteiger partial charge in [-0.1, -0.05) is 59.8 Å². The van der Waals surface area contributed by atoms with Gasteiger partial charge in [-0.3, -0.25) is 4.79 Å². The summed E-state index contributed by atoms with van der Waals surface area (Å²) in [5, 5.41) is 17.9. The average Bonchev–Trinajstić information content (AvgIpc) is 3.57. The molecule has 3 aromatic heterocycles. The van der Waals surface area contributed by atoms with Crippen molar-refractivity contribution in [1.82, 2.24) is 29.6 Å². The normalized spacial score (nSPS) is 14.3. The lowest BCUT2D eigenvalue weighted by Gasteiger charge is -2.30. The molecule has 4 heterocycles. The Morgan fingerprint density at radius 3 is 2.51 bits per heavy atom. The number of nitrogens with zero attached hydrogens (tertiary/aromatic N) is 5. The SMILES string of the molecule is O=C(O)N1CCC(c2cc(=O)[nH]c3c(-c4nc(-c5ccc(Cc6ccccc6)cc5)no4)cnn23)CC1. The number of hydrogen-bond acceptors (Lipinski definition) is 6. The van der Waals surface area contributed by atoms with Crippen LogP contribution >= 0.6 is 0 Å². The first-order valence-electron chi connectivity index (χ1n) is 12.1. The number of carbonyl (C=O) groups is 1. The fourth-order valence-electron chi connectivity index (χ4n) is 4.88. The third-order valence-electron chi connectivity index (χ3n) is 6.84. The summed E-state index contributed by atoms with van der Waals surface area (Å²) in [5.41, 5.74) is 4.72. The van der Waals surface area contributed by atoms with Gasteiger partial charge in [0.25, 0.3) is 11.4 Å². The van der Waals surface area contributed by atoms with Crippen molar-refractivity contribution >= 4 is 11.7 Å². The first kappa shape index (κ1) is 22.7. The third-order valence-corrected chi connectivity index (χ3v) is 6.84. The maximum atomic E-state index is 12.5. The van der Waals surface area contributed by atoms with E-state index in [1.54, 1.807) is 10.7 Å². The molecule has 1 amide bonds. The minimum absolute atomic E-state index is 0.0146. The van der Waals surface area contributed by atoms with Crippen LogP contribution in [0.25, 0.3) is 28.5 Å². The predicted molar refractivity (Wildman–Crippen MR) is 135 cm³/mol. The van der Waals surface area contributed by atoms with E-state index in [0.29, 0.717) is 43.0 Å². The second-order valence-corrected chi connectivity index (χ2v) is 9.20. The van der Waals surface area contributed by atoms with Crippen LogP contribution in [0.15, 0.2) is 76.2 Å². The zero-order valence-corrected chi connectivity index (χ0v) is 19.9. The van der Waals surface area contributed by atoms with Gasteiger partial charge >= 0.3 is 6.09 Å². The monoisotopic (exact) mass is 496 g/mol. The molecule has 0 radical (unpaired) electrons. The Morgan fingerprint density at radius 2 is 1.78 bits per heavy atom. The van der Waals surface area contributed by atoms with Gasteiger partial charge < -0.3 is 19.5 Å². The molecule has 37 heavy (non-hydrogen) atoms. The van der Waals surface area contributed by atoms with Crippen LogP contribution in [0.1, 0.15) is 35.6 Å². The molecule has 10 nitrogen and oxygen atoms in total. The Bertz CT molecular complexity index is 1610. The van der Waals surface area contributed by atoms with Crippen molar-refractivity contribution in [3.05, 3.63) is 94.0 Å². The maximum Gasteiger partial charge on any atom is 0.407 e. The number of fused-ring (bicyclic) bond motifs is 1. The smallest absolute Gasteiger partial charge is 0.407 e. The van der Waals surface area contributed by atoms with Crippen molar-refractivity contribution in [2.75, 3.05) is 13.1 Å². The van der Waals surface area contributed by atoms with Gasteiger partial charge in [-0.25, -0.2) is 9.31 Å². The fourth-order valence-corrected chi connectivity index (χ4v) is 4.88. The van der Waals surface area contributed by atoms with Gasteiger partial charge in [0, 0.05) is 30.6 Å². The standard InChI is InChI=1S/C27H24N6O4/c34-23-15-22(19-10-12-32(13-11-19)27(35)36)33-25(29-23)21(16-28-33)26-30-24(31-37-26)20-8-6-18(7-9-20)14-17-4-2-1-3-5-17/h1-9,15-16,19H,10-14H2,(H,29,34)(H,35,36). The number of piperidine rings is 1. The molecule has 1 aliphatic rings. The summed E-state index contributed by atoms with van der Waals surface area (Å²) in [4.78, 5) is 32.6. The highest BCUT2D eigenvalue weighted by Crippen LogP contribution is 2.30. The number of carboxylic acid groups (broad SMARTS) is 1. The van der Waals surface area contributed by atoms with Crippen LogP contribution < -0.4 is 5.56 Å². The summed E-state index contributed by atoms with van der Waals surface area (Å²) in [5.74, 6) is 0.716. The molecule has 0 bridgehead atoms. The number of aromatic amines is 1. The lowest BCUT2D eigenvalue weighted by atomic mass is 9.93. The molecule has 10 heteroatoms. The molecule has 5 aromatic rings. The van der Waals surface area contributed by atoms with Gasteiger partial charge in [-0.2, -0.15) is 10.1 Å². The number of H-pyrrole nitrogens is 1. The molecular weight excluding hydrogens is 472 g/mol. The molecule has 1 aliphatic heterocycles. The molecule has 0 saturated carbocycles. The molecule has 6 rings (SSSR count). The van der Waals surface area contributed by atoms with Crippen LogP contribution in [-0.2, 0) is 6.42 Å². The van der Waals surface area contributed by atoms with Crippen molar-refractivity contribution in [1.29, 1.82) is 0 Å². The van der Waals surface area contributed by atoms with Gasteiger partial charge in [0.2, 0.25) is 5.82 Å². The molecule has 1 saturated heterocycles. The second kappa shape index (κ2) is 9.38. The van der Waals surface area contributed by atoms with Crippen LogP contribution in [0, 0.1) is 0 Å². The van der Waals surface area contributed by atoms with Crippen molar-refractivity contribution in [2.24, 2.45) is 0 Å². The maximum absolute atomic E-state index is 12.5. The van der Waals surface area contributed by atoms with Gasteiger partial charge in [0.1, 0.15) is 11.2 Å². The largest absolute Gasteiger partial charge is 0.465 e. The van der Waals surface area contributed by atoms with E-state index >= 15 is 0 Å². The lowest BCUT2D eigenvalue weighted by Crippen LogP contribution is -2.37. The summed E-state index contributed by atoms with van der Waals surface area (Å²) in [7, 11) is 0. The van der Waals surface area contributed by atoms with E-state index in [-0.39, 0.29) is 17.4 Å². The quantitative estimate of drug-likeness (QED) is 0.373. The number of hydrogen-bond donors (Lipinski definition) is 2. The van der Waals surface area contributed by atoms with E-state index in [0.717, 1.165) is 17.7 Å². The molecule has 1 fully saturated rings. The Labute approximate surface area is 211 Å². The van der Waals surface area contributed by atoms with E-state index in [9.17, 15) is 14.7 Å². The highest BCUT2D eigenvalue weighted by atomic mass is 16.5. The van der Waals surface area contributed by atoms with E-state index in [2.05, 4.69) is 32.4 Å². The summed E-state index contributed by atoms with van der Waals surface area (Å²) in [6, 6.07) is 19.8. The van der Waals surface area contributed by atoms with Crippen LogP contribution in [0.5, 0.6) is 0 Å². The molecule has 0 unspecified atom stereocenters. The summed E-state index contributed by atoms with van der Waals surface area (Å²) in [6.45, 7) is 0.832. The molecule has 0 atom stereocenters. The van der Waals surface area contributed by atoms with Gasteiger partial charge in [0.15, 0.2) is 0 Å². The summed E-state index contributed by atoms with van der Waals surface area (Å²) in [6.07, 6.45) is 2.75. The van der Waals surface area contributed by atoms with Crippen LogP contribution in [0.2, 0.25) is 0 Å². The molecule has 0 spiro atoms. The third kappa shape index (κ3) is 4.49. The number of likely N-dealkylation sites (tertiary alicyclic amines) is 1. The van der Waals surface area contributed by atoms with Crippen LogP contribution in [-0.4, -0.2) is 53.9 Å². The molecule has 2 aromatic carbocycles. The Kier molecular flexibility index (Phi) is 5.76. The fraction of sp³-hybridized carbons (Fsp3) is 0.222. The van der Waals surface area contributed by atoms with Crippen molar-refractivity contribution < 1.29 is 14.4 Å². The van der Waals surface area contributed by atoms with Gasteiger partial charge in [-0.05, 0) is 30.4 Å². The minimum atomic E-state index is -0.922. The van der Waals surface area contributed by atoms with E-state index in [1.165, 1.54) is 22.1 Å². The van der Waals surface area contributed by atoms with Crippen LogP contribution in [0.4, 0.5) is 4.79 Å². The second-order valence-electron chi connectivity index (χ2n) is 9.20. The van der Waals surface area contributed by atoms with E-state index in [4.69, 9.17) is 4.52 Å². The van der Waals surface area contributed by atoms with Crippen molar-refractivity contribution in [2.45, 2.75) is 25.2 Å². The number of rotatable bonds is 5. The Balaban J connectivity index is 1.26. The number of amides is 1. The first-order chi connectivity index (χ1) is 18.0. The van der Waals surface area contributed by atoms with E-state index in [1.807, 2.05) is 42.5 Å². The van der Waals surface area contributed by atoms with E-state index < -0.39 is 6.09 Å². The first-order valence-corrected chi connectivity index (χ1v) is 12.1.